The fourth-order valence-electron chi connectivity index (χ4n) is 3.60. The Balaban J connectivity index is 1.57. The van der Waals surface area contributed by atoms with Crippen molar-refractivity contribution in [3.05, 3.63) is 71.5 Å². The Kier molecular flexibility index (Phi) is 4.09. The summed E-state index contributed by atoms with van der Waals surface area (Å²) in [7, 11) is 0. The minimum absolute atomic E-state index is 0.430. The highest BCUT2D eigenvalue weighted by Crippen LogP contribution is 2.30. The highest BCUT2D eigenvalue weighted by molar-refractivity contribution is 6.05. The Hall–Kier alpha value is -3.94. The summed E-state index contributed by atoms with van der Waals surface area (Å²) >= 11 is 0. The first-order valence-electron chi connectivity index (χ1n) is 9.40. The number of rotatable bonds is 5. The second-order valence-electron chi connectivity index (χ2n) is 6.87. The number of amides is 1. The number of carbonyl (C=O) groups is 1. The van der Waals surface area contributed by atoms with E-state index in [1.165, 1.54) is 0 Å². The molecule has 1 aliphatic rings. The van der Waals surface area contributed by atoms with E-state index in [1.807, 2.05) is 24.3 Å². The van der Waals surface area contributed by atoms with Crippen LogP contribution in [0.4, 0.5) is 11.5 Å². The standard InChI is InChI=1S/C21H19N7O/c22-19(29)14-7-4-8-17-15(14)12-25-28(17)21-26-16-9-10-23-18(16)20(27-21)24-11-13-5-2-1-3-6-13/h1-8,12,23H,9-11H2,(H2,22,29)(H,24,26,27). The zero-order valence-electron chi connectivity index (χ0n) is 15.6. The van der Waals surface area contributed by atoms with Crippen LogP contribution >= 0.6 is 0 Å². The third-order valence-electron chi connectivity index (χ3n) is 5.01. The van der Waals surface area contributed by atoms with E-state index in [4.69, 9.17) is 15.7 Å². The van der Waals surface area contributed by atoms with E-state index < -0.39 is 5.91 Å². The van der Waals surface area contributed by atoms with Gasteiger partial charge < -0.3 is 16.4 Å². The highest BCUT2D eigenvalue weighted by atomic mass is 16.1. The monoisotopic (exact) mass is 385 g/mol. The van der Waals surface area contributed by atoms with Gasteiger partial charge in [-0.2, -0.15) is 14.8 Å². The largest absolute Gasteiger partial charge is 0.380 e. The Morgan fingerprint density at radius 2 is 2.00 bits per heavy atom. The predicted molar refractivity (Wildman–Crippen MR) is 111 cm³/mol. The van der Waals surface area contributed by atoms with Crippen molar-refractivity contribution in [3.8, 4) is 5.95 Å². The summed E-state index contributed by atoms with van der Waals surface area (Å²) in [5.41, 5.74) is 9.70. The van der Waals surface area contributed by atoms with Crippen molar-refractivity contribution in [3.63, 3.8) is 0 Å². The predicted octanol–water partition coefficient (Wildman–Crippen LogP) is 2.49. The summed E-state index contributed by atoms with van der Waals surface area (Å²) in [5.74, 6) is 0.708. The van der Waals surface area contributed by atoms with Crippen LogP contribution in [0.25, 0.3) is 16.9 Å². The molecule has 29 heavy (non-hydrogen) atoms. The topological polar surface area (TPSA) is 111 Å². The van der Waals surface area contributed by atoms with Gasteiger partial charge in [-0.3, -0.25) is 4.79 Å². The number of hydrogen-bond donors (Lipinski definition) is 3. The molecule has 8 nitrogen and oxygen atoms in total. The van der Waals surface area contributed by atoms with Gasteiger partial charge in [0.15, 0.2) is 5.82 Å². The summed E-state index contributed by atoms with van der Waals surface area (Å²) in [6, 6.07) is 15.5. The van der Waals surface area contributed by atoms with Crippen molar-refractivity contribution < 1.29 is 4.79 Å². The average Bonchev–Trinajstić information content (AvgIpc) is 3.39. The molecule has 0 atom stereocenters. The molecule has 0 unspecified atom stereocenters. The van der Waals surface area contributed by atoms with Crippen LogP contribution in [0.5, 0.6) is 0 Å². The fourth-order valence-corrected chi connectivity index (χ4v) is 3.60. The number of nitrogens with one attached hydrogen (secondary N) is 2. The molecule has 0 radical (unpaired) electrons. The molecular weight excluding hydrogens is 366 g/mol. The van der Waals surface area contributed by atoms with Gasteiger partial charge in [0.1, 0.15) is 0 Å². The van der Waals surface area contributed by atoms with E-state index in [0.29, 0.717) is 23.4 Å². The quantitative estimate of drug-likeness (QED) is 0.487. The Labute approximate surface area is 166 Å². The zero-order chi connectivity index (χ0) is 19.8. The Morgan fingerprint density at radius 1 is 1.14 bits per heavy atom. The summed E-state index contributed by atoms with van der Waals surface area (Å²) < 4.78 is 1.65. The summed E-state index contributed by atoms with van der Waals surface area (Å²) in [6.07, 6.45) is 2.44. The SMILES string of the molecule is NC(=O)c1cccc2c1cnn2-c1nc2c(c(NCc3ccccc3)n1)NCC2. The molecule has 0 saturated heterocycles. The van der Waals surface area contributed by atoms with Gasteiger partial charge in [-0.25, -0.2) is 4.98 Å². The van der Waals surface area contributed by atoms with E-state index in [-0.39, 0.29) is 0 Å². The first-order valence-corrected chi connectivity index (χ1v) is 9.40. The van der Waals surface area contributed by atoms with Crippen LogP contribution in [0.3, 0.4) is 0 Å². The second kappa shape index (κ2) is 6.90. The molecule has 4 aromatic rings. The molecule has 1 amide bonds. The molecule has 0 bridgehead atoms. The van der Waals surface area contributed by atoms with Gasteiger partial charge in [-0.05, 0) is 17.7 Å². The molecule has 1 aliphatic heterocycles. The summed E-state index contributed by atoms with van der Waals surface area (Å²) in [4.78, 5) is 21.2. The van der Waals surface area contributed by atoms with Crippen molar-refractivity contribution in [2.75, 3.05) is 17.2 Å². The lowest BCUT2D eigenvalue weighted by molar-refractivity contribution is 0.100. The summed E-state index contributed by atoms with van der Waals surface area (Å²) in [6.45, 7) is 1.47. The van der Waals surface area contributed by atoms with E-state index in [0.717, 1.165) is 41.2 Å². The van der Waals surface area contributed by atoms with Crippen molar-refractivity contribution in [1.29, 1.82) is 0 Å². The van der Waals surface area contributed by atoms with Gasteiger partial charge in [0.05, 0.1) is 28.7 Å². The van der Waals surface area contributed by atoms with Crippen molar-refractivity contribution in [2.45, 2.75) is 13.0 Å². The number of primary amides is 1. The number of fused-ring (bicyclic) bond motifs is 2. The van der Waals surface area contributed by atoms with Crippen LogP contribution in [0.1, 0.15) is 21.6 Å². The summed E-state index contributed by atoms with van der Waals surface area (Å²) in [5, 5.41) is 11.9. The first-order chi connectivity index (χ1) is 14.2. The lowest BCUT2D eigenvalue weighted by atomic mass is 10.1. The molecule has 2 aromatic heterocycles. The average molecular weight is 385 g/mol. The van der Waals surface area contributed by atoms with Crippen molar-refractivity contribution in [2.24, 2.45) is 5.73 Å². The maximum atomic E-state index is 11.7. The Morgan fingerprint density at radius 3 is 2.83 bits per heavy atom. The molecule has 0 fully saturated rings. The van der Waals surface area contributed by atoms with Gasteiger partial charge in [0, 0.05) is 24.9 Å². The van der Waals surface area contributed by atoms with Gasteiger partial charge >= 0.3 is 0 Å². The zero-order valence-corrected chi connectivity index (χ0v) is 15.6. The van der Waals surface area contributed by atoms with Crippen LogP contribution in [-0.2, 0) is 13.0 Å². The number of benzene rings is 2. The third-order valence-corrected chi connectivity index (χ3v) is 5.01. The molecule has 0 aliphatic carbocycles. The van der Waals surface area contributed by atoms with Crippen LogP contribution in [0, 0.1) is 0 Å². The maximum Gasteiger partial charge on any atom is 0.253 e. The van der Waals surface area contributed by atoms with Crippen LogP contribution in [0.15, 0.2) is 54.7 Å². The minimum Gasteiger partial charge on any atom is -0.380 e. The fraction of sp³-hybridized carbons (Fsp3) is 0.143. The molecule has 0 saturated carbocycles. The first kappa shape index (κ1) is 17.2. The Bertz CT molecular complexity index is 1220. The normalized spacial score (nSPS) is 12.6. The van der Waals surface area contributed by atoms with Crippen LogP contribution in [-0.4, -0.2) is 32.2 Å². The number of nitrogens with two attached hydrogens (primary N) is 1. The van der Waals surface area contributed by atoms with Crippen molar-refractivity contribution in [1.82, 2.24) is 19.7 Å². The third kappa shape index (κ3) is 3.04. The number of aromatic nitrogens is 4. The maximum absolute atomic E-state index is 11.7. The second-order valence-corrected chi connectivity index (χ2v) is 6.87. The van der Waals surface area contributed by atoms with Crippen LogP contribution < -0.4 is 16.4 Å². The van der Waals surface area contributed by atoms with E-state index in [1.54, 1.807) is 23.0 Å². The lowest BCUT2D eigenvalue weighted by Crippen LogP contribution is -2.12. The van der Waals surface area contributed by atoms with E-state index in [2.05, 4.69) is 27.9 Å². The smallest absolute Gasteiger partial charge is 0.253 e. The number of nitrogens with zero attached hydrogens (tertiary/aromatic N) is 4. The molecule has 5 rings (SSSR count). The molecular formula is C21H19N7O. The van der Waals surface area contributed by atoms with Crippen molar-refractivity contribution >= 4 is 28.3 Å². The van der Waals surface area contributed by atoms with Gasteiger partial charge in [-0.15, -0.1) is 0 Å². The van der Waals surface area contributed by atoms with E-state index >= 15 is 0 Å². The number of carbonyl (C=O) groups excluding carboxylic acids is 1. The molecule has 2 aromatic carbocycles. The van der Waals surface area contributed by atoms with Crippen LogP contribution in [0.2, 0.25) is 0 Å². The molecule has 144 valence electrons. The lowest BCUT2D eigenvalue weighted by Gasteiger charge is -2.12. The molecule has 4 N–H and O–H groups in total. The molecule has 3 heterocycles. The van der Waals surface area contributed by atoms with Gasteiger partial charge in [0.2, 0.25) is 5.91 Å². The minimum atomic E-state index is -0.487. The molecule has 0 spiro atoms. The molecule has 8 heteroatoms. The number of hydrogen-bond acceptors (Lipinski definition) is 6. The van der Waals surface area contributed by atoms with Gasteiger partial charge in [0.25, 0.3) is 5.95 Å². The van der Waals surface area contributed by atoms with E-state index in [9.17, 15) is 4.79 Å². The van der Waals surface area contributed by atoms with Gasteiger partial charge in [-0.1, -0.05) is 36.4 Å². The highest BCUT2D eigenvalue weighted by Gasteiger charge is 2.21. The number of anilines is 2.